The van der Waals surface area contributed by atoms with Crippen molar-refractivity contribution in [1.82, 2.24) is 0 Å². The molecule has 0 saturated carbocycles. The van der Waals surface area contributed by atoms with Crippen LogP contribution < -0.4 is 15.2 Å². The van der Waals surface area contributed by atoms with Crippen LogP contribution in [-0.4, -0.2) is 24.8 Å². The Bertz CT molecular complexity index is 504. The van der Waals surface area contributed by atoms with Crippen molar-refractivity contribution in [3.05, 3.63) is 22.2 Å². The summed E-state index contributed by atoms with van der Waals surface area (Å²) in [6, 6.07) is 1.31. The van der Waals surface area contributed by atoms with Gasteiger partial charge in [0.1, 0.15) is 0 Å². The van der Waals surface area contributed by atoms with Crippen LogP contribution in [0.25, 0.3) is 0 Å². The minimum absolute atomic E-state index is 0.00734. The highest BCUT2D eigenvalue weighted by Gasteiger charge is 2.25. The average Bonchev–Trinajstić information content (AvgIpc) is 2.86. The molecule has 3 N–H and O–H groups in total. The fraction of sp³-hybridized carbons (Fsp3) is 0.462. The van der Waals surface area contributed by atoms with Crippen LogP contribution in [0, 0.1) is 0 Å². The number of benzene rings is 1. The lowest BCUT2D eigenvalue weighted by Crippen LogP contribution is -2.13. The van der Waals surface area contributed by atoms with Crippen LogP contribution in [0.15, 0.2) is 6.07 Å². The predicted octanol–water partition coefficient (Wildman–Crippen LogP) is 2.15. The molecule has 19 heavy (non-hydrogen) atoms. The highest BCUT2D eigenvalue weighted by molar-refractivity contribution is 6.32. The number of ether oxygens (including phenoxy) is 2. The van der Waals surface area contributed by atoms with Crippen LogP contribution in [0.2, 0.25) is 5.02 Å². The van der Waals surface area contributed by atoms with Crippen molar-refractivity contribution in [2.24, 2.45) is 5.73 Å². The Hall–Kier alpha value is -1.46. The molecule has 0 saturated heterocycles. The van der Waals surface area contributed by atoms with Gasteiger partial charge >= 0.3 is 5.97 Å². The topological polar surface area (TPSA) is 81.8 Å². The molecule has 2 rings (SSSR count). The van der Waals surface area contributed by atoms with E-state index in [0.29, 0.717) is 41.5 Å². The van der Waals surface area contributed by atoms with E-state index in [4.69, 9.17) is 31.9 Å². The van der Waals surface area contributed by atoms with E-state index >= 15 is 0 Å². The molecule has 1 heterocycles. The molecular formula is C13H16ClNO4. The van der Waals surface area contributed by atoms with E-state index in [1.165, 1.54) is 0 Å². The zero-order valence-electron chi connectivity index (χ0n) is 10.6. The van der Waals surface area contributed by atoms with Crippen LogP contribution >= 0.6 is 11.6 Å². The summed E-state index contributed by atoms with van der Waals surface area (Å²) in [5, 5.41) is 9.26. The van der Waals surface area contributed by atoms with Gasteiger partial charge in [0.05, 0.1) is 18.7 Å². The minimum Gasteiger partial charge on any atom is -0.493 e. The fourth-order valence-electron chi connectivity index (χ4n) is 2.19. The first-order valence-corrected chi connectivity index (χ1v) is 6.41. The third-order valence-corrected chi connectivity index (χ3v) is 3.64. The number of methoxy groups -OCH3 is 1. The molecule has 5 nitrogen and oxygen atoms in total. The van der Waals surface area contributed by atoms with E-state index in [0.717, 1.165) is 5.56 Å². The normalized spacial score (nSPS) is 14.7. The lowest BCUT2D eigenvalue weighted by Gasteiger charge is -2.17. The largest absolute Gasteiger partial charge is 0.493 e. The van der Waals surface area contributed by atoms with Crippen LogP contribution in [-0.2, 0) is 11.2 Å². The van der Waals surface area contributed by atoms with Crippen molar-refractivity contribution in [1.29, 1.82) is 0 Å². The highest BCUT2D eigenvalue weighted by Crippen LogP contribution is 2.43. The van der Waals surface area contributed by atoms with Gasteiger partial charge < -0.3 is 20.3 Å². The summed E-state index contributed by atoms with van der Waals surface area (Å²) in [6.07, 6.45) is 1.05. The summed E-state index contributed by atoms with van der Waals surface area (Å²) < 4.78 is 10.8. The van der Waals surface area contributed by atoms with E-state index in [2.05, 4.69) is 0 Å². The number of carboxylic acids is 1. The van der Waals surface area contributed by atoms with Crippen molar-refractivity contribution in [2.45, 2.75) is 25.3 Å². The number of hydrogen-bond donors (Lipinski definition) is 2. The SMILES string of the molecule is COc1cc(C(N)CCC(=O)O)c(Cl)c2c1OCC2. The molecule has 6 heteroatoms. The molecule has 1 aliphatic heterocycles. The van der Waals surface area contributed by atoms with Crippen LogP contribution in [0.4, 0.5) is 0 Å². The molecule has 0 spiro atoms. The molecule has 0 fully saturated rings. The zero-order chi connectivity index (χ0) is 14.0. The molecule has 1 aromatic rings. The lowest BCUT2D eigenvalue weighted by molar-refractivity contribution is -0.137. The third kappa shape index (κ3) is 2.77. The van der Waals surface area contributed by atoms with Gasteiger partial charge in [0, 0.05) is 24.4 Å². The van der Waals surface area contributed by atoms with Crippen LogP contribution in [0.3, 0.4) is 0 Å². The van der Waals surface area contributed by atoms with Gasteiger partial charge in [0.25, 0.3) is 0 Å². The zero-order valence-corrected chi connectivity index (χ0v) is 11.4. The van der Waals surface area contributed by atoms with Crippen molar-refractivity contribution in [3.8, 4) is 11.5 Å². The Labute approximate surface area is 116 Å². The summed E-state index contributed by atoms with van der Waals surface area (Å²) >= 11 is 6.33. The molecule has 1 unspecified atom stereocenters. The molecule has 0 bridgehead atoms. The van der Waals surface area contributed by atoms with Gasteiger partial charge in [0.15, 0.2) is 11.5 Å². The second-order valence-electron chi connectivity index (χ2n) is 4.43. The van der Waals surface area contributed by atoms with Crippen molar-refractivity contribution in [3.63, 3.8) is 0 Å². The molecular weight excluding hydrogens is 270 g/mol. The molecule has 1 aliphatic rings. The third-order valence-electron chi connectivity index (χ3n) is 3.19. The maximum atomic E-state index is 10.6. The Morgan fingerprint density at radius 1 is 1.68 bits per heavy atom. The molecule has 0 aromatic heterocycles. The predicted molar refractivity (Wildman–Crippen MR) is 71.0 cm³/mol. The van der Waals surface area contributed by atoms with Gasteiger partial charge in [-0.3, -0.25) is 4.79 Å². The molecule has 0 radical (unpaired) electrons. The number of carbonyl (C=O) groups is 1. The summed E-state index contributed by atoms with van der Waals surface area (Å²) in [6.45, 7) is 0.569. The van der Waals surface area contributed by atoms with Crippen molar-refractivity contribution >= 4 is 17.6 Å². The van der Waals surface area contributed by atoms with Gasteiger partial charge in [-0.15, -0.1) is 0 Å². The van der Waals surface area contributed by atoms with Gasteiger partial charge in [-0.25, -0.2) is 0 Å². The van der Waals surface area contributed by atoms with E-state index < -0.39 is 12.0 Å². The molecule has 1 aromatic carbocycles. The quantitative estimate of drug-likeness (QED) is 0.866. The van der Waals surface area contributed by atoms with Gasteiger partial charge in [-0.05, 0) is 18.1 Å². The first-order chi connectivity index (χ1) is 9.04. The Balaban J connectivity index is 2.33. The summed E-state index contributed by atoms with van der Waals surface area (Å²) in [5.74, 6) is 0.391. The van der Waals surface area contributed by atoms with Crippen LogP contribution in [0.5, 0.6) is 11.5 Å². The average molecular weight is 286 g/mol. The maximum Gasteiger partial charge on any atom is 0.303 e. The number of aliphatic carboxylic acids is 1. The second-order valence-corrected chi connectivity index (χ2v) is 4.81. The molecule has 1 atom stereocenters. The number of halogens is 1. The van der Waals surface area contributed by atoms with Gasteiger partial charge in [-0.2, -0.15) is 0 Å². The van der Waals surface area contributed by atoms with Crippen molar-refractivity contribution in [2.75, 3.05) is 13.7 Å². The first-order valence-electron chi connectivity index (χ1n) is 6.04. The Morgan fingerprint density at radius 2 is 2.42 bits per heavy atom. The van der Waals surface area contributed by atoms with Gasteiger partial charge in [0.2, 0.25) is 0 Å². The van der Waals surface area contributed by atoms with Crippen LogP contribution in [0.1, 0.15) is 30.0 Å². The maximum absolute atomic E-state index is 10.6. The standard InChI is InChI=1S/C13H16ClNO4/c1-18-10-6-8(9(15)2-3-11(16)17)12(14)7-4-5-19-13(7)10/h6,9H,2-5,15H2,1H3,(H,16,17). The first kappa shape index (κ1) is 14.0. The number of rotatable bonds is 5. The number of nitrogens with two attached hydrogens (primary N) is 1. The minimum atomic E-state index is -0.872. The van der Waals surface area contributed by atoms with Gasteiger partial charge in [-0.1, -0.05) is 11.6 Å². The van der Waals surface area contributed by atoms with E-state index in [1.54, 1.807) is 13.2 Å². The molecule has 0 amide bonds. The fourth-order valence-corrected chi connectivity index (χ4v) is 2.56. The summed E-state index contributed by atoms with van der Waals surface area (Å²) in [5.41, 5.74) is 7.62. The number of carboxylic acid groups (broad SMARTS) is 1. The highest BCUT2D eigenvalue weighted by atomic mass is 35.5. The Kier molecular flexibility index (Phi) is 4.17. The summed E-state index contributed by atoms with van der Waals surface area (Å²) in [4.78, 5) is 10.6. The molecule has 0 aliphatic carbocycles. The Morgan fingerprint density at radius 3 is 3.05 bits per heavy atom. The van der Waals surface area contributed by atoms with Crippen molar-refractivity contribution < 1.29 is 19.4 Å². The molecule has 104 valence electrons. The van der Waals surface area contributed by atoms with E-state index in [9.17, 15) is 4.79 Å². The monoisotopic (exact) mass is 285 g/mol. The van der Waals surface area contributed by atoms with E-state index in [-0.39, 0.29) is 6.42 Å². The lowest BCUT2D eigenvalue weighted by atomic mass is 9.99. The second kappa shape index (κ2) is 5.67. The number of fused-ring (bicyclic) bond motifs is 1. The smallest absolute Gasteiger partial charge is 0.303 e. The summed E-state index contributed by atoms with van der Waals surface area (Å²) in [7, 11) is 1.55. The van der Waals surface area contributed by atoms with E-state index in [1.807, 2.05) is 0 Å². The number of hydrogen-bond acceptors (Lipinski definition) is 4.